The van der Waals surface area contributed by atoms with Crippen molar-refractivity contribution in [2.45, 2.75) is 19.5 Å². The number of hydrogen-bond acceptors (Lipinski definition) is 3. The molecule has 3 nitrogen and oxygen atoms in total. The molecule has 1 aromatic rings. The van der Waals surface area contributed by atoms with Gasteiger partial charge < -0.3 is 10.1 Å². The highest BCUT2D eigenvalue weighted by molar-refractivity contribution is 9.13. The van der Waals surface area contributed by atoms with Crippen LogP contribution in [0.3, 0.4) is 0 Å². The van der Waals surface area contributed by atoms with Gasteiger partial charge in [-0.05, 0) is 56.5 Å². The Morgan fingerprint density at radius 3 is 2.68 bits per heavy atom. The van der Waals surface area contributed by atoms with Gasteiger partial charge in [0, 0.05) is 41.2 Å². The van der Waals surface area contributed by atoms with Crippen molar-refractivity contribution < 1.29 is 4.74 Å². The third-order valence-corrected chi connectivity index (χ3v) is 5.15. The van der Waals surface area contributed by atoms with Crippen LogP contribution >= 0.6 is 31.9 Å². The topological polar surface area (TPSA) is 24.5 Å². The van der Waals surface area contributed by atoms with E-state index >= 15 is 0 Å². The molecule has 2 rings (SSSR count). The van der Waals surface area contributed by atoms with Gasteiger partial charge in [-0.2, -0.15) is 0 Å². The minimum Gasteiger partial charge on any atom is -0.379 e. The minimum absolute atomic E-state index is 0.487. The van der Waals surface area contributed by atoms with Crippen LogP contribution in [0.4, 0.5) is 0 Å². The van der Waals surface area contributed by atoms with Gasteiger partial charge in [-0.3, -0.25) is 4.90 Å². The third-order valence-electron chi connectivity index (χ3n) is 3.27. The average Bonchev–Trinajstić information content (AvgIpc) is 2.41. The molecule has 1 atom stereocenters. The van der Waals surface area contributed by atoms with Crippen molar-refractivity contribution in [2.24, 2.45) is 0 Å². The molecule has 0 radical (unpaired) electrons. The van der Waals surface area contributed by atoms with Crippen LogP contribution in [-0.2, 0) is 11.3 Å². The Hall–Kier alpha value is 0.0600. The van der Waals surface area contributed by atoms with E-state index in [0.717, 1.165) is 48.3 Å². The lowest BCUT2D eigenvalue weighted by molar-refractivity contribution is 0.0343. The van der Waals surface area contributed by atoms with E-state index in [9.17, 15) is 0 Å². The summed E-state index contributed by atoms with van der Waals surface area (Å²) in [7, 11) is 0. The standard InChI is InChI=1S/C14H20Br2N2O/c1-11(10-18-4-6-19-7-5-18)17-9-12-2-3-13(15)14(16)8-12/h2-3,8,11,17H,4-7,9-10H2,1H3. The van der Waals surface area contributed by atoms with E-state index in [1.165, 1.54) is 5.56 Å². The SMILES string of the molecule is CC(CN1CCOCC1)NCc1ccc(Br)c(Br)c1. The molecule has 0 bridgehead atoms. The molecule has 1 aliphatic rings. The molecule has 1 unspecified atom stereocenters. The maximum atomic E-state index is 5.36. The normalized spacial score (nSPS) is 18.5. The zero-order valence-electron chi connectivity index (χ0n) is 11.2. The minimum atomic E-state index is 0.487. The van der Waals surface area contributed by atoms with Gasteiger partial charge in [0.1, 0.15) is 0 Å². The second kappa shape index (κ2) is 7.74. The molecule has 1 fully saturated rings. The molecule has 0 spiro atoms. The highest BCUT2D eigenvalue weighted by atomic mass is 79.9. The summed E-state index contributed by atoms with van der Waals surface area (Å²) < 4.78 is 7.56. The van der Waals surface area contributed by atoms with Crippen LogP contribution < -0.4 is 5.32 Å². The third kappa shape index (κ3) is 5.16. The Morgan fingerprint density at radius 1 is 1.26 bits per heavy atom. The molecule has 1 saturated heterocycles. The number of morpholine rings is 1. The summed E-state index contributed by atoms with van der Waals surface area (Å²) in [5.74, 6) is 0. The van der Waals surface area contributed by atoms with Gasteiger partial charge in [0.05, 0.1) is 13.2 Å². The van der Waals surface area contributed by atoms with Gasteiger partial charge in [0.15, 0.2) is 0 Å². The molecule has 1 heterocycles. The molecular formula is C14H20Br2N2O. The van der Waals surface area contributed by atoms with Crippen LogP contribution in [0.15, 0.2) is 27.1 Å². The van der Waals surface area contributed by atoms with E-state index in [-0.39, 0.29) is 0 Å². The first-order valence-electron chi connectivity index (χ1n) is 6.62. The van der Waals surface area contributed by atoms with Crippen LogP contribution in [0.25, 0.3) is 0 Å². The number of nitrogens with one attached hydrogen (secondary N) is 1. The Balaban J connectivity index is 1.75. The van der Waals surface area contributed by atoms with Crippen molar-refractivity contribution in [2.75, 3.05) is 32.8 Å². The molecule has 19 heavy (non-hydrogen) atoms. The van der Waals surface area contributed by atoms with Crippen molar-refractivity contribution in [3.63, 3.8) is 0 Å². The summed E-state index contributed by atoms with van der Waals surface area (Å²) >= 11 is 7.03. The average molecular weight is 392 g/mol. The van der Waals surface area contributed by atoms with E-state index in [0.29, 0.717) is 6.04 Å². The van der Waals surface area contributed by atoms with Gasteiger partial charge in [-0.1, -0.05) is 6.07 Å². The lowest BCUT2D eigenvalue weighted by atomic mass is 10.2. The van der Waals surface area contributed by atoms with Gasteiger partial charge in [0.2, 0.25) is 0 Å². The number of ether oxygens (including phenoxy) is 1. The fraction of sp³-hybridized carbons (Fsp3) is 0.571. The first kappa shape index (κ1) is 15.4. The molecule has 1 N–H and O–H groups in total. The predicted octanol–water partition coefficient (Wildman–Crippen LogP) is 3.02. The van der Waals surface area contributed by atoms with Crippen molar-refractivity contribution >= 4 is 31.9 Å². The molecular weight excluding hydrogens is 372 g/mol. The van der Waals surface area contributed by atoms with Crippen LogP contribution in [0, 0.1) is 0 Å². The summed E-state index contributed by atoms with van der Waals surface area (Å²) in [5.41, 5.74) is 1.30. The summed E-state index contributed by atoms with van der Waals surface area (Å²) in [4.78, 5) is 2.46. The number of rotatable bonds is 5. The summed E-state index contributed by atoms with van der Waals surface area (Å²) in [5, 5.41) is 3.57. The number of benzene rings is 1. The molecule has 0 amide bonds. The Kier molecular flexibility index (Phi) is 6.29. The van der Waals surface area contributed by atoms with E-state index in [4.69, 9.17) is 4.74 Å². The Bertz CT molecular complexity index is 408. The smallest absolute Gasteiger partial charge is 0.0594 e. The second-order valence-corrected chi connectivity index (χ2v) is 6.65. The number of halogens is 2. The quantitative estimate of drug-likeness (QED) is 0.834. The lowest BCUT2D eigenvalue weighted by Crippen LogP contribution is -2.44. The van der Waals surface area contributed by atoms with Crippen molar-refractivity contribution in [3.05, 3.63) is 32.7 Å². The lowest BCUT2D eigenvalue weighted by Gasteiger charge is -2.29. The highest BCUT2D eigenvalue weighted by Gasteiger charge is 2.13. The van der Waals surface area contributed by atoms with Crippen LogP contribution in [0.1, 0.15) is 12.5 Å². The fourth-order valence-electron chi connectivity index (χ4n) is 2.18. The van der Waals surface area contributed by atoms with Crippen LogP contribution in [-0.4, -0.2) is 43.8 Å². The van der Waals surface area contributed by atoms with Gasteiger partial charge in [-0.15, -0.1) is 0 Å². The molecule has 0 aliphatic carbocycles. The zero-order chi connectivity index (χ0) is 13.7. The van der Waals surface area contributed by atoms with E-state index < -0.39 is 0 Å². The van der Waals surface area contributed by atoms with Crippen LogP contribution in [0.2, 0.25) is 0 Å². The second-order valence-electron chi connectivity index (χ2n) is 4.94. The zero-order valence-corrected chi connectivity index (χ0v) is 14.3. The van der Waals surface area contributed by atoms with Crippen molar-refractivity contribution in [1.29, 1.82) is 0 Å². The van der Waals surface area contributed by atoms with E-state index in [1.807, 2.05) is 0 Å². The van der Waals surface area contributed by atoms with Gasteiger partial charge >= 0.3 is 0 Å². The van der Waals surface area contributed by atoms with Gasteiger partial charge in [0.25, 0.3) is 0 Å². The highest BCUT2D eigenvalue weighted by Crippen LogP contribution is 2.23. The van der Waals surface area contributed by atoms with Crippen molar-refractivity contribution in [1.82, 2.24) is 10.2 Å². The van der Waals surface area contributed by atoms with E-state index in [1.54, 1.807) is 0 Å². The monoisotopic (exact) mass is 390 g/mol. The molecule has 106 valence electrons. The Labute approximate surface area is 132 Å². The first-order valence-corrected chi connectivity index (χ1v) is 8.21. The fourth-order valence-corrected chi connectivity index (χ4v) is 2.85. The summed E-state index contributed by atoms with van der Waals surface area (Å²) in [6, 6.07) is 6.86. The molecule has 1 aromatic carbocycles. The molecule has 1 aliphatic heterocycles. The van der Waals surface area contributed by atoms with E-state index in [2.05, 4.69) is 67.2 Å². The van der Waals surface area contributed by atoms with Gasteiger partial charge in [-0.25, -0.2) is 0 Å². The number of nitrogens with zero attached hydrogens (tertiary/aromatic N) is 1. The Morgan fingerprint density at radius 2 is 2.00 bits per heavy atom. The number of hydrogen-bond donors (Lipinski definition) is 1. The maximum Gasteiger partial charge on any atom is 0.0594 e. The molecule has 0 aromatic heterocycles. The summed E-state index contributed by atoms with van der Waals surface area (Å²) in [6.45, 7) is 8.06. The van der Waals surface area contributed by atoms with Crippen LogP contribution in [0.5, 0.6) is 0 Å². The maximum absolute atomic E-state index is 5.36. The molecule has 0 saturated carbocycles. The predicted molar refractivity (Wildman–Crippen MR) is 85.4 cm³/mol. The first-order chi connectivity index (χ1) is 9.15. The van der Waals surface area contributed by atoms with Crippen molar-refractivity contribution in [3.8, 4) is 0 Å². The molecule has 5 heteroatoms. The summed E-state index contributed by atoms with van der Waals surface area (Å²) in [6.07, 6.45) is 0. The largest absolute Gasteiger partial charge is 0.379 e.